The fraction of sp³-hybridized carbons (Fsp3) is 0.350. The van der Waals surface area contributed by atoms with Crippen molar-refractivity contribution in [2.24, 2.45) is 7.05 Å². The molecule has 1 N–H and O–H groups in total. The summed E-state index contributed by atoms with van der Waals surface area (Å²) in [6.07, 6.45) is 11.1. The monoisotopic (exact) mass is 412 g/mol. The Morgan fingerprint density at radius 2 is 2.04 bits per heavy atom. The van der Waals surface area contributed by atoms with Gasteiger partial charge in [-0.05, 0) is 39.4 Å². The summed E-state index contributed by atoms with van der Waals surface area (Å²) >= 11 is 8.35. The van der Waals surface area contributed by atoms with Gasteiger partial charge in [-0.15, -0.1) is 11.3 Å². The lowest BCUT2D eigenvalue weighted by atomic mass is 9.76. The molecule has 0 saturated heterocycles. The lowest BCUT2D eigenvalue weighted by Gasteiger charge is -2.45. The summed E-state index contributed by atoms with van der Waals surface area (Å²) < 4.78 is 1.79. The van der Waals surface area contributed by atoms with Crippen molar-refractivity contribution in [2.75, 3.05) is 14.1 Å². The van der Waals surface area contributed by atoms with Crippen LogP contribution in [0.25, 0.3) is 32.7 Å². The number of nitrogens with zero attached hydrogens (tertiary/aromatic N) is 5. The predicted octanol–water partition coefficient (Wildman–Crippen LogP) is 4.68. The normalized spacial score (nSPS) is 16.0. The maximum Gasteiger partial charge on any atom is 0.138 e. The number of aromatic nitrogens is 5. The van der Waals surface area contributed by atoms with Crippen LogP contribution in [0.2, 0.25) is 5.02 Å². The summed E-state index contributed by atoms with van der Waals surface area (Å²) in [7, 11) is 6.20. The Balaban J connectivity index is 1.63. The van der Waals surface area contributed by atoms with Crippen LogP contribution >= 0.6 is 22.9 Å². The van der Waals surface area contributed by atoms with E-state index in [9.17, 15) is 0 Å². The maximum atomic E-state index is 6.61. The Labute approximate surface area is 172 Å². The largest absolute Gasteiger partial charge is 0.339 e. The van der Waals surface area contributed by atoms with Gasteiger partial charge in [0.05, 0.1) is 27.3 Å². The van der Waals surface area contributed by atoms with Crippen LogP contribution in [0.4, 0.5) is 0 Å². The first-order chi connectivity index (χ1) is 13.5. The van der Waals surface area contributed by atoms with E-state index in [2.05, 4.69) is 40.1 Å². The third-order valence-corrected chi connectivity index (χ3v) is 7.31. The number of hydrogen-bond acceptors (Lipinski definition) is 5. The van der Waals surface area contributed by atoms with E-state index < -0.39 is 0 Å². The Kier molecular flexibility index (Phi) is 4.08. The number of halogens is 1. The fourth-order valence-corrected chi connectivity index (χ4v) is 5.61. The molecular formula is C20H21ClN6S. The summed E-state index contributed by atoms with van der Waals surface area (Å²) in [5.74, 6) is 0. The quantitative estimate of drug-likeness (QED) is 0.528. The highest BCUT2D eigenvalue weighted by atomic mass is 35.5. The maximum absolute atomic E-state index is 6.61. The van der Waals surface area contributed by atoms with Gasteiger partial charge < -0.3 is 4.98 Å². The van der Waals surface area contributed by atoms with E-state index in [1.165, 1.54) is 11.4 Å². The number of nitrogens with one attached hydrogen (secondary N) is 1. The molecule has 6 nitrogen and oxygen atoms in total. The molecule has 28 heavy (non-hydrogen) atoms. The summed E-state index contributed by atoms with van der Waals surface area (Å²) in [6.45, 7) is 0. The van der Waals surface area contributed by atoms with Gasteiger partial charge in [0.25, 0.3) is 0 Å². The van der Waals surface area contributed by atoms with E-state index in [0.29, 0.717) is 5.02 Å². The van der Waals surface area contributed by atoms with Crippen LogP contribution < -0.4 is 0 Å². The third-order valence-electron chi connectivity index (χ3n) is 5.81. The molecule has 0 unspecified atom stereocenters. The molecule has 0 spiro atoms. The van der Waals surface area contributed by atoms with Gasteiger partial charge in [-0.1, -0.05) is 11.6 Å². The first kappa shape index (κ1) is 17.8. The molecular weight excluding hydrogens is 392 g/mol. The molecule has 1 fully saturated rings. The summed E-state index contributed by atoms with van der Waals surface area (Å²) in [5, 5.41) is 7.08. The first-order valence-corrected chi connectivity index (χ1v) is 10.5. The second kappa shape index (κ2) is 6.40. The second-order valence-corrected chi connectivity index (χ2v) is 9.08. The highest BCUT2D eigenvalue weighted by Crippen LogP contribution is 2.48. The number of aromatic amines is 1. The van der Waals surface area contributed by atoms with Crippen LogP contribution in [0.3, 0.4) is 0 Å². The van der Waals surface area contributed by atoms with Gasteiger partial charge in [-0.25, -0.2) is 9.97 Å². The predicted molar refractivity (Wildman–Crippen MR) is 114 cm³/mol. The molecule has 0 bridgehead atoms. The number of H-pyrrole nitrogens is 1. The topological polar surface area (TPSA) is 62.6 Å². The summed E-state index contributed by atoms with van der Waals surface area (Å²) in [5.41, 5.74) is 3.89. The van der Waals surface area contributed by atoms with E-state index in [4.69, 9.17) is 16.6 Å². The summed E-state index contributed by atoms with van der Waals surface area (Å²) in [4.78, 5) is 16.1. The number of aryl methyl sites for hydroxylation is 1. The number of fused-ring (bicyclic) bond motifs is 1. The van der Waals surface area contributed by atoms with Crippen molar-refractivity contribution in [3.8, 4) is 21.7 Å². The standard InChI is InChI=1S/C20H21ClN6S/c1-26(2)20(5-4-6-20)19-23-10-16(28-19)17-13-7-15(12-8-24-27(3)11-12)25-18(13)22-9-14(17)21/h7-11H,4-6H2,1-3H3,(H,22,25). The molecule has 4 heterocycles. The molecule has 1 aliphatic rings. The van der Waals surface area contributed by atoms with Crippen LogP contribution in [-0.4, -0.2) is 43.7 Å². The van der Waals surface area contributed by atoms with Crippen molar-refractivity contribution < 1.29 is 0 Å². The number of rotatable bonds is 4. The number of thiazole rings is 1. The molecule has 4 aromatic heterocycles. The zero-order valence-corrected chi connectivity index (χ0v) is 17.6. The van der Waals surface area contributed by atoms with Gasteiger partial charge in [-0.2, -0.15) is 5.10 Å². The van der Waals surface area contributed by atoms with Gasteiger partial charge in [0.1, 0.15) is 10.7 Å². The molecule has 5 rings (SSSR count). The average Bonchev–Trinajstić information content (AvgIpc) is 3.32. The molecule has 1 aliphatic carbocycles. The molecule has 0 aromatic carbocycles. The molecule has 1 saturated carbocycles. The molecule has 0 aliphatic heterocycles. The van der Waals surface area contributed by atoms with Crippen LogP contribution in [0.15, 0.2) is 30.9 Å². The Bertz CT molecular complexity index is 1170. The van der Waals surface area contributed by atoms with E-state index in [1.807, 2.05) is 25.6 Å². The van der Waals surface area contributed by atoms with Crippen LogP contribution in [0.1, 0.15) is 24.3 Å². The number of pyridine rings is 1. The zero-order chi connectivity index (χ0) is 19.5. The van der Waals surface area contributed by atoms with Crippen LogP contribution in [0.5, 0.6) is 0 Å². The lowest BCUT2D eigenvalue weighted by Crippen LogP contribution is -2.46. The van der Waals surface area contributed by atoms with Gasteiger partial charge >= 0.3 is 0 Å². The van der Waals surface area contributed by atoms with Gasteiger partial charge in [0.15, 0.2) is 0 Å². The number of hydrogen-bond donors (Lipinski definition) is 1. The van der Waals surface area contributed by atoms with E-state index in [1.54, 1.807) is 22.2 Å². The Morgan fingerprint density at radius 1 is 1.21 bits per heavy atom. The first-order valence-electron chi connectivity index (χ1n) is 9.28. The third kappa shape index (κ3) is 2.61. The minimum Gasteiger partial charge on any atom is -0.339 e. The highest BCUT2D eigenvalue weighted by Gasteiger charge is 2.43. The van der Waals surface area contributed by atoms with Crippen molar-refractivity contribution in [1.82, 2.24) is 29.6 Å². The van der Waals surface area contributed by atoms with Crippen LogP contribution in [-0.2, 0) is 12.6 Å². The van der Waals surface area contributed by atoms with Crippen molar-refractivity contribution in [3.63, 3.8) is 0 Å². The minimum atomic E-state index is 0.0700. The fourth-order valence-electron chi connectivity index (χ4n) is 3.99. The average molecular weight is 413 g/mol. The van der Waals surface area contributed by atoms with Crippen molar-refractivity contribution >= 4 is 34.0 Å². The molecule has 8 heteroatoms. The van der Waals surface area contributed by atoms with Crippen molar-refractivity contribution in [3.05, 3.63) is 40.9 Å². The van der Waals surface area contributed by atoms with Crippen molar-refractivity contribution in [1.29, 1.82) is 0 Å². The summed E-state index contributed by atoms with van der Waals surface area (Å²) in [6, 6.07) is 2.10. The SMILES string of the molecule is CN(C)C1(c2ncc(-c3c(Cl)cnc4[nH]c(-c5cnn(C)c5)cc34)s2)CCC1. The van der Waals surface area contributed by atoms with E-state index in [-0.39, 0.29) is 5.54 Å². The highest BCUT2D eigenvalue weighted by molar-refractivity contribution is 7.15. The van der Waals surface area contributed by atoms with Gasteiger partial charge in [0.2, 0.25) is 0 Å². The van der Waals surface area contributed by atoms with E-state index in [0.717, 1.165) is 45.6 Å². The Hall–Kier alpha value is -2.22. The van der Waals surface area contributed by atoms with Crippen molar-refractivity contribution in [2.45, 2.75) is 24.8 Å². The Morgan fingerprint density at radius 3 is 2.68 bits per heavy atom. The lowest BCUT2D eigenvalue weighted by molar-refractivity contribution is 0.0574. The van der Waals surface area contributed by atoms with Gasteiger partial charge in [0, 0.05) is 42.2 Å². The molecule has 0 amide bonds. The smallest absolute Gasteiger partial charge is 0.138 e. The molecule has 4 aromatic rings. The second-order valence-electron chi connectivity index (χ2n) is 7.64. The van der Waals surface area contributed by atoms with Gasteiger partial charge in [-0.3, -0.25) is 9.58 Å². The molecule has 0 radical (unpaired) electrons. The minimum absolute atomic E-state index is 0.0700. The van der Waals surface area contributed by atoms with E-state index >= 15 is 0 Å². The zero-order valence-electron chi connectivity index (χ0n) is 16.0. The molecule has 144 valence electrons. The van der Waals surface area contributed by atoms with Crippen LogP contribution in [0, 0.1) is 0 Å². The molecule has 0 atom stereocenters.